The number of benzene rings is 1. The summed E-state index contributed by atoms with van der Waals surface area (Å²) in [5, 5.41) is 0. The number of aryl methyl sites for hydroxylation is 2. The fourth-order valence-corrected chi connectivity index (χ4v) is 1.78. The van der Waals surface area contributed by atoms with E-state index in [1.807, 2.05) is 31.2 Å². The quantitative estimate of drug-likeness (QED) is 0.758. The first kappa shape index (κ1) is 11.9. The maximum atomic E-state index is 5.77. The highest BCUT2D eigenvalue weighted by atomic mass is 35.5. The smallest absolute Gasteiger partial charge is 0.219 e. The zero-order chi connectivity index (χ0) is 12.3. The third kappa shape index (κ3) is 2.98. The second kappa shape index (κ2) is 5.19. The minimum Gasteiger partial charge on any atom is -0.439 e. The molecule has 0 fully saturated rings. The van der Waals surface area contributed by atoms with E-state index in [1.165, 1.54) is 5.56 Å². The van der Waals surface area contributed by atoms with Crippen LogP contribution in [0.1, 0.15) is 16.7 Å². The number of pyridine rings is 1. The molecule has 0 saturated carbocycles. The van der Waals surface area contributed by atoms with Crippen LogP contribution in [-0.4, -0.2) is 4.98 Å². The molecule has 1 aromatic heterocycles. The fraction of sp³-hybridized carbons (Fsp3) is 0.214. The van der Waals surface area contributed by atoms with Crippen LogP contribution in [0.15, 0.2) is 36.5 Å². The SMILES string of the molecule is Cc1ccc(Oc2cc(CCl)ccn2)c(C)c1. The lowest BCUT2D eigenvalue weighted by Gasteiger charge is -2.08. The summed E-state index contributed by atoms with van der Waals surface area (Å²) in [4.78, 5) is 4.17. The fourth-order valence-electron chi connectivity index (χ4n) is 1.62. The molecular formula is C14H14ClNO. The molecule has 0 aliphatic carbocycles. The number of halogens is 1. The van der Waals surface area contributed by atoms with Crippen LogP contribution in [0.2, 0.25) is 0 Å². The van der Waals surface area contributed by atoms with Gasteiger partial charge in [0.05, 0.1) is 0 Å². The number of ether oxygens (including phenoxy) is 1. The maximum absolute atomic E-state index is 5.77. The van der Waals surface area contributed by atoms with Gasteiger partial charge in [-0.2, -0.15) is 0 Å². The summed E-state index contributed by atoms with van der Waals surface area (Å²) in [5.41, 5.74) is 3.32. The molecule has 0 atom stereocenters. The van der Waals surface area contributed by atoms with Gasteiger partial charge in [-0.05, 0) is 37.1 Å². The summed E-state index contributed by atoms with van der Waals surface area (Å²) in [6.07, 6.45) is 1.70. The van der Waals surface area contributed by atoms with Gasteiger partial charge in [0.25, 0.3) is 0 Å². The van der Waals surface area contributed by atoms with Crippen LogP contribution in [0.25, 0.3) is 0 Å². The molecule has 0 aliphatic rings. The Morgan fingerprint density at radius 1 is 1.18 bits per heavy atom. The van der Waals surface area contributed by atoms with Crippen LogP contribution < -0.4 is 4.74 Å². The molecule has 1 heterocycles. The van der Waals surface area contributed by atoms with Crippen molar-refractivity contribution in [2.45, 2.75) is 19.7 Å². The van der Waals surface area contributed by atoms with Crippen molar-refractivity contribution >= 4 is 11.6 Å². The van der Waals surface area contributed by atoms with Crippen molar-refractivity contribution in [3.05, 3.63) is 53.2 Å². The highest BCUT2D eigenvalue weighted by Gasteiger charge is 2.03. The predicted molar refractivity (Wildman–Crippen MR) is 69.8 cm³/mol. The molecule has 0 saturated heterocycles. The Bertz CT molecular complexity index is 525. The molecule has 0 unspecified atom stereocenters. The van der Waals surface area contributed by atoms with Crippen molar-refractivity contribution in [1.29, 1.82) is 0 Å². The van der Waals surface area contributed by atoms with Crippen LogP contribution >= 0.6 is 11.6 Å². The minimum absolute atomic E-state index is 0.464. The predicted octanol–water partition coefficient (Wildman–Crippen LogP) is 4.23. The molecule has 2 rings (SSSR count). The van der Waals surface area contributed by atoms with Gasteiger partial charge in [0, 0.05) is 18.1 Å². The minimum atomic E-state index is 0.464. The lowest BCUT2D eigenvalue weighted by Crippen LogP contribution is -1.91. The Labute approximate surface area is 106 Å². The average molecular weight is 248 g/mol. The second-order valence-corrected chi connectivity index (χ2v) is 4.27. The Morgan fingerprint density at radius 2 is 2.00 bits per heavy atom. The van der Waals surface area contributed by atoms with Crippen LogP contribution in [0.4, 0.5) is 0 Å². The topological polar surface area (TPSA) is 22.1 Å². The number of aromatic nitrogens is 1. The van der Waals surface area contributed by atoms with Gasteiger partial charge in [-0.25, -0.2) is 4.98 Å². The molecular weight excluding hydrogens is 234 g/mol. The van der Waals surface area contributed by atoms with E-state index in [0.29, 0.717) is 11.8 Å². The van der Waals surface area contributed by atoms with Gasteiger partial charge in [0.1, 0.15) is 5.75 Å². The van der Waals surface area contributed by atoms with E-state index in [2.05, 4.69) is 18.0 Å². The molecule has 17 heavy (non-hydrogen) atoms. The molecule has 2 aromatic rings. The van der Waals surface area contributed by atoms with E-state index < -0.39 is 0 Å². The van der Waals surface area contributed by atoms with Gasteiger partial charge < -0.3 is 4.74 Å². The molecule has 0 aliphatic heterocycles. The molecule has 0 amide bonds. The maximum Gasteiger partial charge on any atom is 0.219 e. The van der Waals surface area contributed by atoms with Crippen molar-refractivity contribution in [3.63, 3.8) is 0 Å². The van der Waals surface area contributed by atoms with Crippen molar-refractivity contribution < 1.29 is 4.74 Å². The van der Waals surface area contributed by atoms with Crippen LogP contribution in [0.3, 0.4) is 0 Å². The first-order chi connectivity index (χ1) is 8.19. The Morgan fingerprint density at radius 3 is 2.71 bits per heavy atom. The first-order valence-electron chi connectivity index (χ1n) is 5.45. The Balaban J connectivity index is 2.25. The van der Waals surface area contributed by atoms with Gasteiger partial charge in [-0.1, -0.05) is 17.7 Å². The second-order valence-electron chi connectivity index (χ2n) is 4.01. The summed E-state index contributed by atoms with van der Waals surface area (Å²) in [6.45, 7) is 4.08. The molecule has 0 N–H and O–H groups in total. The lowest BCUT2D eigenvalue weighted by molar-refractivity contribution is 0.459. The van der Waals surface area contributed by atoms with Gasteiger partial charge in [-0.15, -0.1) is 11.6 Å². The molecule has 3 heteroatoms. The van der Waals surface area contributed by atoms with Crippen molar-refractivity contribution in [2.24, 2.45) is 0 Å². The van der Waals surface area contributed by atoms with E-state index >= 15 is 0 Å². The van der Waals surface area contributed by atoms with Crippen molar-refractivity contribution in [1.82, 2.24) is 4.98 Å². The van der Waals surface area contributed by atoms with E-state index in [4.69, 9.17) is 16.3 Å². The average Bonchev–Trinajstić information content (AvgIpc) is 2.33. The van der Waals surface area contributed by atoms with Crippen molar-refractivity contribution in [3.8, 4) is 11.6 Å². The highest BCUT2D eigenvalue weighted by molar-refractivity contribution is 6.17. The molecule has 2 nitrogen and oxygen atoms in total. The lowest BCUT2D eigenvalue weighted by atomic mass is 10.1. The number of alkyl halides is 1. The van der Waals surface area contributed by atoms with Crippen LogP contribution in [-0.2, 0) is 5.88 Å². The summed E-state index contributed by atoms with van der Waals surface area (Å²) in [6, 6.07) is 9.79. The zero-order valence-electron chi connectivity index (χ0n) is 9.90. The zero-order valence-corrected chi connectivity index (χ0v) is 10.7. The largest absolute Gasteiger partial charge is 0.439 e. The van der Waals surface area contributed by atoms with Gasteiger partial charge in [0.2, 0.25) is 5.88 Å². The Kier molecular flexibility index (Phi) is 3.64. The van der Waals surface area contributed by atoms with Crippen molar-refractivity contribution in [2.75, 3.05) is 0 Å². The Hall–Kier alpha value is -1.54. The summed E-state index contributed by atoms with van der Waals surface area (Å²) < 4.78 is 5.74. The van der Waals surface area contributed by atoms with Gasteiger partial charge in [-0.3, -0.25) is 0 Å². The van der Waals surface area contributed by atoms with E-state index in [9.17, 15) is 0 Å². The van der Waals surface area contributed by atoms with Gasteiger partial charge in [0.15, 0.2) is 0 Å². The van der Waals surface area contributed by atoms with E-state index in [-0.39, 0.29) is 0 Å². The molecule has 0 bridgehead atoms. The monoisotopic (exact) mass is 247 g/mol. The van der Waals surface area contributed by atoms with E-state index in [0.717, 1.165) is 16.9 Å². The third-order valence-corrected chi connectivity index (χ3v) is 2.81. The number of hydrogen-bond acceptors (Lipinski definition) is 2. The molecule has 0 spiro atoms. The third-order valence-electron chi connectivity index (χ3n) is 2.50. The number of rotatable bonds is 3. The van der Waals surface area contributed by atoms with Crippen LogP contribution in [0, 0.1) is 13.8 Å². The summed E-state index contributed by atoms with van der Waals surface area (Å²) in [7, 11) is 0. The standard InChI is InChI=1S/C14H14ClNO/c1-10-3-4-13(11(2)7-10)17-14-8-12(9-15)5-6-16-14/h3-8H,9H2,1-2H3. The number of hydrogen-bond donors (Lipinski definition) is 0. The van der Waals surface area contributed by atoms with Crippen LogP contribution in [0.5, 0.6) is 11.6 Å². The van der Waals surface area contributed by atoms with Gasteiger partial charge >= 0.3 is 0 Å². The number of nitrogens with zero attached hydrogens (tertiary/aromatic N) is 1. The summed E-state index contributed by atoms with van der Waals surface area (Å²) in [5.74, 6) is 1.87. The molecule has 1 aromatic carbocycles. The first-order valence-corrected chi connectivity index (χ1v) is 5.98. The molecule has 0 radical (unpaired) electrons. The normalized spacial score (nSPS) is 10.3. The highest BCUT2D eigenvalue weighted by Crippen LogP contribution is 2.24. The molecule has 88 valence electrons. The summed E-state index contributed by atoms with van der Waals surface area (Å²) >= 11 is 5.77. The van der Waals surface area contributed by atoms with E-state index in [1.54, 1.807) is 6.20 Å².